The summed E-state index contributed by atoms with van der Waals surface area (Å²) in [5.74, 6) is 0.259. The number of rotatable bonds is 3. The molecule has 3 rings (SSSR count). The zero-order valence-electron chi connectivity index (χ0n) is 13.3. The second kappa shape index (κ2) is 7.96. The standard InChI is InChI=1S/C17H12Cl2N4O2S/c18-13-5-11(7-21-15(13)19)17(25)23-9-26-8-14(23)16(24)22-12-3-1-10(6-20)2-4-12/h1-5,7,14H,8-9H2,(H,22,24). The van der Waals surface area contributed by atoms with Gasteiger partial charge in [0.15, 0.2) is 0 Å². The number of hydrogen-bond donors (Lipinski definition) is 1. The van der Waals surface area contributed by atoms with Crippen LogP contribution in [0.1, 0.15) is 15.9 Å². The highest BCUT2D eigenvalue weighted by Crippen LogP contribution is 2.26. The van der Waals surface area contributed by atoms with Crippen molar-refractivity contribution in [3.63, 3.8) is 0 Å². The van der Waals surface area contributed by atoms with Crippen molar-refractivity contribution in [2.75, 3.05) is 16.9 Å². The minimum Gasteiger partial charge on any atom is -0.324 e. The topological polar surface area (TPSA) is 86.1 Å². The summed E-state index contributed by atoms with van der Waals surface area (Å²) in [5.41, 5.74) is 1.34. The summed E-state index contributed by atoms with van der Waals surface area (Å²) >= 11 is 13.2. The lowest BCUT2D eigenvalue weighted by Crippen LogP contribution is -2.44. The Bertz CT molecular complexity index is 899. The van der Waals surface area contributed by atoms with E-state index in [-0.39, 0.29) is 27.6 Å². The van der Waals surface area contributed by atoms with E-state index in [2.05, 4.69) is 10.3 Å². The van der Waals surface area contributed by atoms with Gasteiger partial charge in [0.05, 0.1) is 28.1 Å². The number of nitrogens with one attached hydrogen (secondary N) is 1. The first-order valence-electron chi connectivity index (χ1n) is 7.50. The van der Waals surface area contributed by atoms with Gasteiger partial charge in [-0.25, -0.2) is 4.98 Å². The Hall–Kier alpha value is -2.27. The van der Waals surface area contributed by atoms with E-state index in [0.29, 0.717) is 22.9 Å². The molecule has 0 radical (unpaired) electrons. The summed E-state index contributed by atoms with van der Waals surface area (Å²) in [6, 6.07) is 9.37. The van der Waals surface area contributed by atoms with Crippen molar-refractivity contribution in [1.82, 2.24) is 9.88 Å². The number of anilines is 1. The molecule has 1 fully saturated rings. The van der Waals surface area contributed by atoms with E-state index in [4.69, 9.17) is 28.5 Å². The number of carbonyl (C=O) groups excluding carboxylic acids is 2. The molecule has 26 heavy (non-hydrogen) atoms. The average Bonchev–Trinajstić information content (AvgIpc) is 3.14. The molecule has 1 unspecified atom stereocenters. The number of nitriles is 1. The fraction of sp³-hybridized carbons (Fsp3) is 0.176. The Balaban J connectivity index is 1.74. The zero-order valence-corrected chi connectivity index (χ0v) is 15.6. The third-order valence-corrected chi connectivity index (χ3v) is 5.47. The molecule has 1 N–H and O–H groups in total. The average molecular weight is 407 g/mol. The first kappa shape index (κ1) is 18.5. The Morgan fingerprint density at radius 3 is 2.69 bits per heavy atom. The number of nitrogens with zero attached hydrogens (tertiary/aromatic N) is 3. The van der Waals surface area contributed by atoms with Crippen molar-refractivity contribution in [2.24, 2.45) is 0 Å². The van der Waals surface area contributed by atoms with Crippen molar-refractivity contribution in [3.05, 3.63) is 57.8 Å². The SMILES string of the molecule is N#Cc1ccc(NC(=O)C2CSCN2C(=O)c2cnc(Cl)c(Cl)c2)cc1. The van der Waals surface area contributed by atoms with E-state index in [0.717, 1.165) is 0 Å². The van der Waals surface area contributed by atoms with Crippen LogP contribution in [0.2, 0.25) is 10.2 Å². The summed E-state index contributed by atoms with van der Waals surface area (Å²) in [4.78, 5) is 30.7. The molecule has 9 heteroatoms. The van der Waals surface area contributed by atoms with Gasteiger partial charge in [-0.05, 0) is 30.3 Å². The van der Waals surface area contributed by atoms with Crippen molar-refractivity contribution >= 4 is 52.5 Å². The maximum Gasteiger partial charge on any atom is 0.256 e. The van der Waals surface area contributed by atoms with Crippen molar-refractivity contribution in [3.8, 4) is 6.07 Å². The maximum absolute atomic E-state index is 12.7. The molecule has 2 aromatic rings. The Labute approximate surface area is 164 Å². The molecule has 1 aromatic carbocycles. The first-order chi connectivity index (χ1) is 12.5. The third kappa shape index (κ3) is 3.93. The second-order valence-electron chi connectivity index (χ2n) is 5.47. The lowest BCUT2D eigenvalue weighted by atomic mass is 10.2. The van der Waals surface area contributed by atoms with Crippen LogP contribution in [-0.4, -0.2) is 39.4 Å². The molecule has 0 aliphatic carbocycles. The molecule has 2 heterocycles. The molecule has 1 aliphatic heterocycles. The fourth-order valence-electron chi connectivity index (χ4n) is 2.42. The highest BCUT2D eigenvalue weighted by Gasteiger charge is 2.35. The molecule has 1 atom stereocenters. The van der Waals surface area contributed by atoms with Crippen molar-refractivity contribution < 1.29 is 9.59 Å². The minimum absolute atomic E-state index is 0.120. The van der Waals surface area contributed by atoms with E-state index < -0.39 is 6.04 Å². The summed E-state index contributed by atoms with van der Waals surface area (Å²) in [7, 11) is 0. The number of pyridine rings is 1. The smallest absolute Gasteiger partial charge is 0.256 e. The summed E-state index contributed by atoms with van der Waals surface area (Å²) in [6.45, 7) is 0. The van der Waals surface area contributed by atoms with Gasteiger partial charge in [0.25, 0.3) is 5.91 Å². The Morgan fingerprint density at radius 1 is 1.31 bits per heavy atom. The van der Waals surface area contributed by atoms with E-state index in [1.54, 1.807) is 24.3 Å². The van der Waals surface area contributed by atoms with Gasteiger partial charge in [-0.1, -0.05) is 23.2 Å². The van der Waals surface area contributed by atoms with Crippen LogP contribution in [0.4, 0.5) is 5.69 Å². The van der Waals surface area contributed by atoms with Crippen LogP contribution in [0.25, 0.3) is 0 Å². The number of carbonyl (C=O) groups is 2. The fourth-order valence-corrected chi connectivity index (χ4v) is 3.84. The van der Waals surface area contributed by atoms with Gasteiger partial charge in [0.2, 0.25) is 5.91 Å². The molecule has 1 aliphatic rings. The zero-order chi connectivity index (χ0) is 18.7. The van der Waals surface area contributed by atoms with Gasteiger partial charge < -0.3 is 10.2 Å². The highest BCUT2D eigenvalue weighted by molar-refractivity contribution is 7.99. The largest absolute Gasteiger partial charge is 0.324 e. The quantitative estimate of drug-likeness (QED) is 0.789. The van der Waals surface area contributed by atoms with E-state index >= 15 is 0 Å². The molecule has 0 saturated carbocycles. The minimum atomic E-state index is -0.613. The van der Waals surface area contributed by atoms with E-state index in [9.17, 15) is 9.59 Å². The molecule has 0 spiro atoms. The molecule has 2 amide bonds. The third-order valence-electron chi connectivity index (χ3n) is 3.77. The molecule has 132 valence electrons. The summed E-state index contributed by atoms with van der Waals surface area (Å²) < 4.78 is 0. The molecule has 1 aromatic heterocycles. The monoisotopic (exact) mass is 406 g/mol. The second-order valence-corrected chi connectivity index (χ2v) is 7.23. The van der Waals surface area contributed by atoms with Gasteiger partial charge >= 0.3 is 0 Å². The lowest BCUT2D eigenvalue weighted by molar-refractivity contribution is -0.119. The first-order valence-corrected chi connectivity index (χ1v) is 9.41. The lowest BCUT2D eigenvalue weighted by Gasteiger charge is -2.23. The Morgan fingerprint density at radius 2 is 2.04 bits per heavy atom. The van der Waals surface area contributed by atoms with Crippen LogP contribution in [-0.2, 0) is 4.79 Å². The molecular formula is C17H12Cl2N4O2S. The van der Waals surface area contributed by atoms with Crippen LogP contribution in [0.3, 0.4) is 0 Å². The van der Waals surface area contributed by atoms with Crippen molar-refractivity contribution in [2.45, 2.75) is 6.04 Å². The van der Waals surface area contributed by atoms with Crippen LogP contribution in [0, 0.1) is 11.3 Å². The number of amides is 2. The number of halogens is 2. The van der Waals surface area contributed by atoms with Crippen LogP contribution < -0.4 is 5.32 Å². The van der Waals surface area contributed by atoms with Crippen LogP contribution >= 0.6 is 35.0 Å². The van der Waals surface area contributed by atoms with Crippen molar-refractivity contribution in [1.29, 1.82) is 5.26 Å². The van der Waals surface area contributed by atoms with Gasteiger partial charge in [-0.3, -0.25) is 9.59 Å². The van der Waals surface area contributed by atoms with E-state index in [1.807, 2.05) is 6.07 Å². The predicted octanol–water partition coefficient (Wildman–Crippen LogP) is 3.41. The molecule has 6 nitrogen and oxygen atoms in total. The summed E-state index contributed by atoms with van der Waals surface area (Å²) in [5, 5.41) is 11.9. The predicted molar refractivity (Wildman–Crippen MR) is 101 cm³/mol. The maximum atomic E-state index is 12.7. The molecular weight excluding hydrogens is 395 g/mol. The van der Waals surface area contributed by atoms with Crippen LogP contribution in [0.15, 0.2) is 36.5 Å². The highest BCUT2D eigenvalue weighted by atomic mass is 35.5. The van der Waals surface area contributed by atoms with E-state index in [1.165, 1.54) is 28.9 Å². The Kier molecular flexibility index (Phi) is 5.67. The number of thioether (sulfide) groups is 1. The van der Waals surface area contributed by atoms with Gasteiger partial charge in [-0.2, -0.15) is 5.26 Å². The van der Waals surface area contributed by atoms with Gasteiger partial charge in [0, 0.05) is 17.6 Å². The van der Waals surface area contributed by atoms with Gasteiger partial charge in [-0.15, -0.1) is 11.8 Å². The normalized spacial score (nSPS) is 16.2. The molecule has 0 bridgehead atoms. The van der Waals surface area contributed by atoms with Crippen LogP contribution in [0.5, 0.6) is 0 Å². The number of hydrogen-bond acceptors (Lipinski definition) is 5. The summed E-state index contributed by atoms with van der Waals surface area (Å²) in [6.07, 6.45) is 1.34. The number of aromatic nitrogens is 1. The number of benzene rings is 1. The molecule has 1 saturated heterocycles. The van der Waals surface area contributed by atoms with Gasteiger partial charge in [0.1, 0.15) is 11.2 Å².